The van der Waals surface area contributed by atoms with E-state index in [2.05, 4.69) is 31.9 Å². The van der Waals surface area contributed by atoms with Crippen LogP contribution in [0.25, 0.3) is 0 Å². The molecule has 0 aliphatic carbocycles. The molecule has 1 aliphatic heterocycles. The SMILES string of the molecule is N[C@H]1CC(c2ccc(Br)c(Cl)c2)Oc2cc(Br)ccc21. The van der Waals surface area contributed by atoms with Crippen LogP contribution in [0.3, 0.4) is 0 Å². The van der Waals surface area contributed by atoms with E-state index in [-0.39, 0.29) is 12.1 Å². The van der Waals surface area contributed by atoms with Crippen molar-refractivity contribution < 1.29 is 4.74 Å². The summed E-state index contributed by atoms with van der Waals surface area (Å²) in [6.45, 7) is 0. The van der Waals surface area contributed by atoms with Gasteiger partial charge in [0.1, 0.15) is 11.9 Å². The van der Waals surface area contributed by atoms with Crippen LogP contribution in [0.5, 0.6) is 5.75 Å². The Balaban J connectivity index is 1.96. The summed E-state index contributed by atoms with van der Waals surface area (Å²) in [5, 5.41) is 0.680. The van der Waals surface area contributed by atoms with E-state index in [1.807, 2.05) is 36.4 Å². The van der Waals surface area contributed by atoms with Crippen LogP contribution in [-0.4, -0.2) is 0 Å². The van der Waals surface area contributed by atoms with Crippen LogP contribution in [0.2, 0.25) is 5.02 Å². The van der Waals surface area contributed by atoms with Crippen molar-refractivity contribution >= 4 is 43.5 Å². The minimum absolute atomic E-state index is 0.0285. The summed E-state index contributed by atoms with van der Waals surface area (Å²) in [6.07, 6.45) is 0.671. The zero-order valence-corrected chi connectivity index (χ0v) is 14.4. The van der Waals surface area contributed by atoms with E-state index in [0.29, 0.717) is 5.02 Å². The lowest BCUT2D eigenvalue weighted by atomic mass is 9.94. The van der Waals surface area contributed by atoms with E-state index in [1.54, 1.807) is 0 Å². The molecule has 2 aromatic carbocycles. The van der Waals surface area contributed by atoms with Crippen LogP contribution in [-0.2, 0) is 0 Å². The standard InChI is InChI=1S/C15H12Br2ClNO/c16-9-2-3-10-13(19)7-14(20-15(10)6-9)8-1-4-11(17)12(18)5-8/h1-6,13-14H,7,19H2/t13-,14?/m0/s1. The van der Waals surface area contributed by atoms with Gasteiger partial charge in [0.05, 0.1) is 5.02 Å². The van der Waals surface area contributed by atoms with Gasteiger partial charge in [-0.1, -0.05) is 39.7 Å². The van der Waals surface area contributed by atoms with Crippen molar-refractivity contribution in [3.05, 3.63) is 61.5 Å². The molecule has 0 saturated carbocycles. The first-order chi connectivity index (χ1) is 9.54. The first kappa shape index (κ1) is 14.4. The summed E-state index contributed by atoms with van der Waals surface area (Å²) in [7, 11) is 0. The average molecular weight is 418 g/mol. The van der Waals surface area contributed by atoms with Crippen LogP contribution in [0.15, 0.2) is 45.3 Å². The molecule has 0 saturated heterocycles. The number of nitrogens with two attached hydrogens (primary N) is 1. The molecule has 0 fully saturated rings. The first-order valence-corrected chi connectivity index (χ1v) is 8.17. The second-order valence-corrected chi connectivity index (χ2v) is 6.98. The molecule has 1 aliphatic rings. The molecular formula is C15H12Br2ClNO. The van der Waals surface area contributed by atoms with Crippen molar-refractivity contribution in [3.63, 3.8) is 0 Å². The number of benzene rings is 2. The van der Waals surface area contributed by atoms with Gasteiger partial charge in [-0.2, -0.15) is 0 Å². The highest BCUT2D eigenvalue weighted by Crippen LogP contribution is 2.41. The lowest BCUT2D eigenvalue weighted by Gasteiger charge is -2.30. The van der Waals surface area contributed by atoms with Crippen molar-refractivity contribution in [2.45, 2.75) is 18.6 Å². The minimum Gasteiger partial charge on any atom is -0.485 e. The Hall–Kier alpha value is -0.550. The van der Waals surface area contributed by atoms with Gasteiger partial charge in [0, 0.05) is 27.0 Å². The van der Waals surface area contributed by atoms with Crippen molar-refractivity contribution in [2.24, 2.45) is 5.73 Å². The number of hydrogen-bond donors (Lipinski definition) is 1. The van der Waals surface area contributed by atoms with Crippen molar-refractivity contribution in [1.82, 2.24) is 0 Å². The van der Waals surface area contributed by atoms with Crippen molar-refractivity contribution in [2.75, 3.05) is 0 Å². The zero-order valence-electron chi connectivity index (χ0n) is 10.4. The van der Waals surface area contributed by atoms with Crippen LogP contribution >= 0.6 is 43.5 Å². The van der Waals surface area contributed by atoms with Gasteiger partial charge < -0.3 is 10.5 Å². The second kappa shape index (κ2) is 5.68. The highest BCUT2D eigenvalue weighted by molar-refractivity contribution is 9.10. The number of rotatable bonds is 1. The molecule has 2 nitrogen and oxygen atoms in total. The Morgan fingerprint density at radius 1 is 1.15 bits per heavy atom. The average Bonchev–Trinajstić information content (AvgIpc) is 2.41. The molecule has 104 valence electrons. The Kier molecular flexibility index (Phi) is 4.09. The maximum Gasteiger partial charge on any atom is 0.126 e. The molecule has 0 bridgehead atoms. The number of ether oxygens (including phenoxy) is 1. The molecule has 3 rings (SSSR count). The summed E-state index contributed by atoms with van der Waals surface area (Å²) in [5.74, 6) is 0.835. The Labute approximate surface area is 139 Å². The van der Waals surface area contributed by atoms with Crippen LogP contribution in [0.4, 0.5) is 0 Å². The fraction of sp³-hybridized carbons (Fsp3) is 0.200. The summed E-state index contributed by atoms with van der Waals surface area (Å²) < 4.78 is 7.95. The van der Waals surface area contributed by atoms with Gasteiger partial charge in [-0.15, -0.1) is 0 Å². The van der Waals surface area contributed by atoms with Gasteiger partial charge in [-0.25, -0.2) is 0 Å². The molecule has 0 spiro atoms. The molecule has 1 heterocycles. The van der Waals surface area contributed by atoms with Gasteiger partial charge in [-0.05, 0) is 45.8 Å². The van der Waals surface area contributed by atoms with Gasteiger partial charge >= 0.3 is 0 Å². The highest BCUT2D eigenvalue weighted by Gasteiger charge is 2.27. The van der Waals surface area contributed by atoms with E-state index in [0.717, 1.165) is 32.2 Å². The Morgan fingerprint density at radius 2 is 1.95 bits per heavy atom. The van der Waals surface area contributed by atoms with Crippen LogP contribution in [0, 0.1) is 0 Å². The predicted molar refractivity (Wildman–Crippen MR) is 88.2 cm³/mol. The number of halogens is 3. The molecule has 2 atom stereocenters. The fourth-order valence-corrected chi connectivity index (χ4v) is 3.17. The molecule has 2 aromatic rings. The molecule has 5 heteroatoms. The van der Waals surface area contributed by atoms with E-state index in [1.165, 1.54) is 0 Å². The summed E-state index contributed by atoms with van der Waals surface area (Å²) in [5.41, 5.74) is 8.34. The van der Waals surface area contributed by atoms with E-state index in [4.69, 9.17) is 22.1 Å². The third kappa shape index (κ3) is 2.75. The molecule has 0 radical (unpaired) electrons. The monoisotopic (exact) mass is 415 g/mol. The molecule has 1 unspecified atom stereocenters. The normalized spacial score (nSPS) is 21.2. The Bertz CT molecular complexity index is 662. The molecule has 0 amide bonds. The fourth-order valence-electron chi connectivity index (χ4n) is 2.39. The van der Waals surface area contributed by atoms with Crippen LogP contribution in [0.1, 0.15) is 29.7 Å². The van der Waals surface area contributed by atoms with Gasteiger partial charge in [-0.3, -0.25) is 0 Å². The van der Waals surface area contributed by atoms with Crippen LogP contribution < -0.4 is 10.5 Å². The minimum atomic E-state index is -0.0719. The zero-order chi connectivity index (χ0) is 14.3. The molecular weight excluding hydrogens is 405 g/mol. The molecule has 2 N–H and O–H groups in total. The molecule has 20 heavy (non-hydrogen) atoms. The van der Waals surface area contributed by atoms with E-state index in [9.17, 15) is 0 Å². The number of fused-ring (bicyclic) bond motifs is 1. The van der Waals surface area contributed by atoms with Crippen molar-refractivity contribution in [3.8, 4) is 5.75 Å². The van der Waals surface area contributed by atoms with Crippen molar-refractivity contribution in [1.29, 1.82) is 0 Å². The third-order valence-corrected chi connectivity index (χ3v) is 5.15. The van der Waals surface area contributed by atoms with Gasteiger partial charge in [0.2, 0.25) is 0 Å². The number of hydrogen-bond acceptors (Lipinski definition) is 2. The van der Waals surface area contributed by atoms with E-state index < -0.39 is 0 Å². The predicted octanol–water partition coefficient (Wildman–Crippen LogP) is 5.39. The maximum atomic E-state index is 6.25. The quantitative estimate of drug-likeness (QED) is 0.675. The lowest BCUT2D eigenvalue weighted by molar-refractivity contribution is 0.161. The Morgan fingerprint density at radius 3 is 2.70 bits per heavy atom. The summed E-state index contributed by atoms with van der Waals surface area (Å²) >= 11 is 13.0. The topological polar surface area (TPSA) is 35.2 Å². The van der Waals surface area contributed by atoms with Gasteiger partial charge in [0.15, 0.2) is 0 Å². The maximum absolute atomic E-state index is 6.25. The summed E-state index contributed by atoms with van der Waals surface area (Å²) in [6, 6.07) is 11.8. The third-order valence-electron chi connectivity index (χ3n) is 3.43. The molecule has 0 aromatic heterocycles. The largest absolute Gasteiger partial charge is 0.485 e. The van der Waals surface area contributed by atoms with Gasteiger partial charge in [0.25, 0.3) is 0 Å². The first-order valence-electron chi connectivity index (χ1n) is 6.21. The lowest BCUT2D eigenvalue weighted by Crippen LogP contribution is -2.24. The van der Waals surface area contributed by atoms with E-state index >= 15 is 0 Å². The smallest absolute Gasteiger partial charge is 0.126 e. The highest BCUT2D eigenvalue weighted by atomic mass is 79.9. The summed E-state index contributed by atoms with van der Waals surface area (Å²) in [4.78, 5) is 0. The second-order valence-electron chi connectivity index (χ2n) is 4.80.